The normalized spacial score (nSPS) is 12.5. The van der Waals surface area contributed by atoms with E-state index in [1.54, 1.807) is 0 Å². The minimum Gasteiger partial charge on any atom is -0.480 e. The van der Waals surface area contributed by atoms with Crippen LogP contribution in [0.1, 0.15) is 24.8 Å². The first-order valence-electron chi connectivity index (χ1n) is 8.86. The molecule has 0 aromatic carbocycles. The summed E-state index contributed by atoms with van der Waals surface area (Å²) in [5.41, 5.74) is 15.1. The van der Waals surface area contributed by atoms with Crippen LogP contribution in [0.5, 0.6) is 0 Å². The molecule has 186 valence electrons. The van der Waals surface area contributed by atoms with Crippen molar-refractivity contribution in [1.29, 1.82) is 0 Å². The Hall–Kier alpha value is -1.77. The lowest BCUT2D eigenvalue weighted by Crippen LogP contribution is -2.31. The van der Waals surface area contributed by atoms with E-state index < -0.39 is 44.7 Å². The Balaban J connectivity index is 0. The van der Waals surface area contributed by atoms with Crippen LogP contribution < -0.4 is 17.2 Å². The molecule has 0 amide bonds. The molecule has 0 aliphatic rings. The van der Waals surface area contributed by atoms with Crippen molar-refractivity contribution >= 4 is 27.1 Å². The Morgan fingerprint density at radius 3 is 1.88 bits per heavy atom. The van der Waals surface area contributed by atoms with Crippen molar-refractivity contribution in [2.45, 2.75) is 36.8 Å². The van der Waals surface area contributed by atoms with Crippen molar-refractivity contribution in [1.82, 2.24) is 4.98 Å². The van der Waals surface area contributed by atoms with Gasteiger partial charge >= 0.3 is 27.1 Å². The van der Waals surface area contributed by atoms with Crippen molar-refractivity contribution in [2.75, 3.05) is 13.1 Å². The molecule has 1 aromatic heterocycles. The highest BCUT2D eigenvalue weighted by Gasteiger charge is 2.59. The highest BCUT2D eigenvalue weighted by Crippen LogP contribution is 2.68. The average molecular weight is 504 g/mol. The fourth-order valence-corrected chi connectivity index (χ4v) is 3.92. The third-order valence-electron chi connectivity index (χ3n) is 3.56. The van der Waals surface area contributed by atoms with E-state index in [4.69, 9.17) is 41.3 Å². The smallest absolute Gasteiger partial charge is 0.369 e. The largest absolute Gasteiger partial charge is 0.480 e. The van der Waals surface area contributed by atoms with Crippen LogP contribution in [0.4, 0.5) is 0 Å². The van der Waals surface area contributed by atoms with Crippen LogP contribution in [0.2, 0.25) is 0 Å². The van der Waals surface area contributed by atoms with Crippen molar-refractivity contribution in [3.05, 3.63) is 30.1 Å². The SMILES string of the molecule is NCC(=O)O.NCCCC[C@H](N)C(=O)O.O=P(O)(O)C(O)(Cc1cccnc1)P(=O)(O)O. The van der Waals surface area contributed by atoms with Gasteiger partial charge in [0.15, 0.2) is 0 Å². The second kappa shape index (κ2) is 15.1. The molecule has 1 aromatic rings. The number of nitrogens with two attached hydrogens (primary N) is 3. The minimum absolute atomic E-state index is 0.0988. The van der Waals surface area contributed by atoms with Crippen molar-refractivity contribution in [3.63, 3.8) is 0 Å². The van der Waals surface area contributed by atoms with Gasteiger partial charge in [-0.25, -0.2) is 0 Å². The number of carbonyl (C=O) groups is 2. The van der Waals surface area contributed by atoms with Gasteiger partial charge in [0, 0.05) is 18.8 Å². The van der Waals surface area contributed by atoms with Gasteiger partial charge in [-0.15, -0.1) is 0 Å². The molecule has 0 aliphatic heterocycles. The van der Waals surface area contributed by atoms with Gasteiger partial charge in [0.25, 0.3) is 5.08 Å². The predicted molar refractivity (Wildman–Crippen MR) is 112 cm³/mol. The molecule has 0 unspecified atom stereocenters. The van der Waals surface area contributed by atoms with E-state index in [1.807, 2.05) is 0 Å². The van der Waals surface area contributed by atoms with Crippen LogP contribution in [0, 0.1) is 0 Å². The number of aliphatic hydroxyl groups is 1. The molecule has 0 bridgehead atoms. The van der Waals surface area contributed by atoms with Crippen molar-refractivity contribution < 1.29 is 53.6 Å². The summed E-state index contributed by atoms with van der Waals surface area (Å²) in [4.78, 5) is 58.5. The first kappa shape index (κ1) is 32.4. The molecule has 0 fully saturated rings. The summed E-state index contributed by atoms with van der Waals surface area (Å²) in [7, 11) is -10.8. The molecular formula is C15H30N4O11P2. The number of hydrogen-bond acceptors (Lipinski definition) is 9. The standard InChI is InChI=1S/C7H11NO7P2.C6H14N2O2.C2H5NO2/c9-7(16(10,11)12,17(13,14)15)4-6-2-1-3-8-5-6;7-4-2-1-3-5(8)6(9)10;3-1-2(4)5/h1-3,5,9H,4H2,(H2,10,11,12)(H2,13,14,15);5H,1-4,7-8H2,(H,9,10);1,3H2,(H,4,5)/t;5-;/m.0./s1. The summed E-state index contributed by atoms with van der Waals surface area (Å²) >= 11 is 0. The first-order chi connectivity index (χ1) is 14.5. The number of pyridine rings is 1. The predicted octanol–water partition coefficient (Wildman–Crippen LogP) is -1.82. The fourth-order valence-electron chi connectivity index (χ4n) is 1.78. The lowest BCUT2D eigenvalue weighted by Gasteiger charge is -2.29. The van der Waals surface area contributed by atoms with E-state index in [0.717, 1.165) is 19.0 Å². The van der Waals surface area contributed by atoms with E-state index >= 15 is 0 Å². The van der Waals surface area contributed by atoms with Gasteiger partial charge in [0.05, 0.1) is 6.54 Å². The number of aliphatic carboxylic acids is 2. The van der Waals surface area contributed by atoms with Gasteiger partial charge in [0.2, 0.25) is 0 Å². The van der Waals surface area contributed by atoms with Crippen molar-refractivity contribution in [2.24, 2.45) is 17.2 Å². The molecule has 0 aliphatic carbocycles. The minimum atomic E-state index is -5.41. The van der Waals surface area contributed by atoms with Gasteiger partial charge < -0.3 is 52.1 Å². The molecular weight excluding hydrogens is 474 g/mol. The van der Waals surface area contributed by atoms with Crippen LogP contribution in [-0.2, 0) is 25.1 Å². The summed E-state index contributed by atoms with van der Waals surface area (Å²) in [5.74, 6) is -1.90. The van der Waals surface area contributed by atoms with Crippen LogP contribution in [0.25, 0.3) is 0 Å². The highest BCUT2D eigenvalue weighted by atomic mass is 31.2. The molecule has 32 heavy (non-hydrogen) atoms. The van der Waals surface area contributed by atoms with Gasteiger partial charge in [-0.2, -0.15) is 0 Å². The molecule has 1 rings (SSSR count). The highest BCUT2D eigenvalue weighted by molar-refractivity contribution is 7.72. The van der Waals surface area contributed by atoms with Gasteiger partial charge in [-0.1, -0.05) is 12.5 Å². The average Bonchev–Trinajstić information content (AvgIpc) is 2.68. The number of aromatic nitrogens is 1. The van der Waals surface area contributed by atoms with Gasteiger partial charge in [-0.05, 0) is 31.0 Å². The summed E-state index contributed by atoms with van der Waals surface area (Å²) in [6.07, 6.45) is 3.79. The lowest BCUT2D eigenvalue weighted by atomic mass is 10.1. The summed E-state index contributed by atoms with van der Waals surface area (Å²) in [5, 5.41) is 22.1. The summed E-state index contributed by atoms with van der Waals surface area (Å²) in [6, 6.07) is 2.03. The number of nitrogens with zero attached hydrogens (tertiary/aromatic N) is 1. The molecule has 1 heterocycles. The molecule has 0 saturated heterocycles. The number of hydrogen-bond donors (Lipinski definition) is 10. The molecule has 13 N–H and O–H groups in total. The monoisotopic (exact) mass is 504 g/mol. The molecule has 1 atom stereocenters. The lowest BCUT2D eigenvalue weighted by molar-refractivity contribution is -0.138. The Kier molecular flexibility index (Phi) is 15.3. The van der Waals surface area contributed by atoms with E-state index in [9.17, 15) is 23.8 Å². The number of carboxylic acid groups (broad SMARTS) is 2. The molecule has 17 heteroatoms. The quantitative estimate of drug-likeness (QED) is 0.124. The second-order valence-electron chi connectivity index (χ2n) is 6.23. The second-order valence-corrected chi connectivity index (χ2v) is 10.2. The summed E-state index contributed by atoms with van der Waals surface area (Å²) < 4.78 is 22.1. The Morgan fingerprint density at radius 2 is 1.56 bits per heavy atom. The molecule has 15 nitrogen and oxygen atoms in total. The Labute approximate surface area is 183 Å². The number of carboxylic acids is 2. The van der Waals surface area contributed by atoms with Gasteiger partial charge in [0.1, 0.15) is 6.04 Å². The molecule has 0 spiro atoms. The van der Waals surface area contributed by atoms with E-state index in [1.165, 1.54) is 18.3 Å². The maximum Gasteiger partial charge on any atom is 0.369 e. The summed E-state index contributed by atoms with van der Waals surface area (Å²) in [6.45, 7) is 0.326. The zero-order valence-electron chi connectivity index (χ0n) is 17.0. The number of unbranched alkanes of at least 4 members (excludes halogenated alkanes) is 1. The van der Waals surface area contributed by atoms with Crippen LogP contribution in [0.15, 0.2) is 24.5 Å². The van der Waals surface area contributed by atoms with E-state index in [0.29, 0.717) is 13.0 Å². The van der Waals surface area contributed by atoms with Gasteiger partial charge in [-0.3, -0.25) is 23.7 Å². The third-order valence-corrected chi connectivity index (χ3v) is 7.30. The van der Waals surface area contributed by atoms with Crippen LogP contribution >= 0.6 is 15.2 Å². The fraction of sp³-hybridized carbons (Fsp3) is 0.533. The van der Waals surface area contributed by atoms with Crippen LogP contribution in [0.3, 0.4) is 0 Å². The third kappa shape index (κ3) is 12.9. The Morgan fingerprint density at radius 1 is 1.06 bits per heavy atom. The Bertz CT molecular complexity index is 763. The zero-order chi connectivity index (χ0) is 25.6. The molecule has 0 saturated carbocycles. The molecule has 0 radical (unpaired) electrons. The van der Waals surface area contributed by atoms with E-state index in [-0.39, 0.29) is 12.1 Å². The number of rotatable bonds is 10. The van der Waals surface area contributed by atoms with Crippen LogP contribution in [-0.4, -0.2) is 76.0 Å². The van der Waals surface area contributed by atoms with Crippen molar-refractivity contribution in [3.8, 4) is 0 Å². The zero-order valence-corrected chi connectivity index (χ0v) is 18.8. The maximum atomic E-state index is 11.0. The maximum absolute atomic E-state index is 11.0. The van der Waals surface area contributed by atoms with E-state index in [2.05, 4.69) is 10.7 Å². The first-order valence-corrected chi connectivity index (χ1v) is 12.1. The topological polar surface area (TPSA) is 301 Å².